The molecule has 0 saturated carbocycles. The van der Waals surface area contributed by atoms with Gasteiger partial charge in [-0.15, -0.1) is 0 Å². The van der Waals surface area contributed by atoms with Gasteiger partial charge in [0, 0.05) is 22.7 Å². The Morgan fingerprint density at radius 1 is 1.17 bits per heavy atom. The van der Waals surface area contributed by atoms with Crippen molar-refractivity contribution in [2.45, 2.75) is 37.5 Å². The molecule has 0 atom stereocenters. The van der Waals surface area contributed by atoms with E-state index in [0.717, 1.165) is 18.4 Å². The van der Waals surface area contributed by atoms with Crippen molar-refractivity contribution in [3.05, 3.63) is 58.1 Å². The number of hydrogen-bond acceptors (Lipinski definition) is 5. The molecule has 2 aromatic carbocycles. The van der Waals surface area contributed by atoms with E-state index in [4.69, 9.17) is 11.6 Å². The van der Waals surface area contributed by atoms with Gasteiger partial charge in [-0.05, 0) is 61.2 Å². The Kier molecular flexibility index (Phi) is 6.56. The Bertz CT molecular complexity index is 1050. The number of phenols is 1. The molecule has 0 radical (unpaired) electrons. The average molecular weight is 436 g/mol. The summed E-state index contributed by atoms with van der Waals surface area (Å²) < 4.78 is 26.9. The van der Waals surface area contributed by atoms with Gasteiger partial charge in [-0.25, -0.2) is 18.6 Å². The third-order valence-electron chi connectivity index (χ3n) is 4.68. The summed E-state index contributed by atoms with van der Waals surface area (Å²) in [5, 5.41) is 14.8. The van der Waals surface area contributed by atoms with E-state index < -0.39 is 15.9 Å². The molecule has 0 bridgehead atoms. The lowest BCUT2D eigenvalue weighted by Crippen LogP contribution is -2.25. The van der Waals surface area contributed by atoms with E-state index in [9.17, 15) is 18.3 Å². The topological polar surface area (TPSA) is 108 Å². The van der Waals surface area contributed by atoms with E-state index in [1.807, 2.05) is 6.92 Å². The largest absolute Gasteiger partial charge is 0.507 e. The van der Waals surface area contributed by atoms with Crippen molar-refractivity contribution in [1.82, 2.24) is 10.1 Å². The van der Waals surface area contributed by atoms with Crippen LogP contribution in [-0.4, -0.2) is 31.7 Å². The van der Waals surface area contributed by atoms with Crippen LogP contribution in [0.3, 0.4) is 0 Å². The van der Waals surface area contributed by atoms with Crippen LogP contribution in [0.4, 0.5) is 0 Å². The van der Waals surface area contributed by atoms with Gasteiger partial charge in [-0.2, -0.15) is 5.10 Å². The molecule has 1 aliphatic rings. The molecule has 0 fully saturated rings. The van der Waals surface area contributed by atoms with Crippen molar-refractivity contribution in [2.24, 2.45) is 5.10 Å². The maximum atomic E-state index is 12.4. The van der Waals surface area contributed by atoms with Crippen LogP contribution in [0.15, 0.2) is 46.4 Å². The second-order valence-electron chi connectivity index (χ2n) is 6.70. The normalized spacial score (nSPS) is 14.8. The Morgan fingerprint density at radius 3 is 2.59 bits per heavy atom. The van der Waals surface area contributed by atoms with Crippen molar-refractivity contribution >= 4 is 33.2 Å². The lowest BCUT2D eigenvalue weighted by molar-refractivity contribution is 0.0954. The first-order valence-electron chi connectivity index (χ1n) is 9.31. The average Bonchev–Trinajstić information content (AvgIpc) is 3.14. The number of hydrogen-bond donors (Lipinski definition) is 3. The molecular weight excluding hydrogens is 414 g/mol. The van der Waals surface area contributed by atoms with E-state index in [1.165, 1.54) is 30.3 Å². The fraction of sp³-hybridized carbons (Fsp3) is 0.300. The SMILES string of the molecule is CCCCNS(=O)(=O)c1ccc(C(=O)N/N=C2\CCc3c(Cl)ccc(O)c32)cc1. The van der Waals surface area contributed by atoms with Crippen LogP contribution < -0.4 is 10.1 Å². The maximum absolute atomic E-state index is 12.4. The van der Waals surface area contributed by atoms with E-state index in [0.29, 0.717) is 35.7 Å². The lowest BCUT2D eigenvalue weighted by Gasteiger charge is -2.08. The summed E-state index contributed by atoms with van der Waals surface area (Å²) in [6.45, 7) is 2.35. The molecule has 7 nitrogen and oxygen atoms in total. The molecule has 0 heterocycles. The van der Waals surface area contributed by atoms with Gasteiger partial charge in [0.15, 0.2) is 0 Å². The Balaban J connectivity index is 1.70. The molecule has 0 saturated heterocycles. The number of carbonyl (C=O) groups is 1. The summed E-state index contributed by atoms with van der Waals surface area (Å²) >= 11 is 6.15. The van der Waals surface area contributed by atoms with Gasteiger partial charge in [-0.1, -0.05) is 24.9 Å². The summed E-state index contributed by atoms with van der Waals surface area (Å²) in [5.74, 6) is -0.407. The first-order valence-corrected chi connectivity index (χ1v) is 11.2. The van der Waals surface area contributed by atoms with Gasteiger partial charge in [0.25, 0.3) is 5.91 Å². The van der Waals surface area contributed by atoms with Crippen molar-refractivity contribution in [1.29, 1.82) is 0 Å². The molecule has 0 aromatic heterocycles. The van der Waals surface area contributed by atoms with Gasteiger partial charge in [0.1, 0.15) is 5.75 Å². The summed E-state index contributed by atoms with van der Waals surface area (Å²) in [5.41, 5.74) is 4.64. The highest BCUT2D eigenvalue weighted by Crippen LogP contribution is 2.35. The fourth-order valence-corrected chi connectivity index (χ4v) is 4.42. The van der Waals surface area contributed by atoms with Crippen molar-refractivity contribution in [3.8, 4) is 5.75 Å². The number of carbonyl (C=O) groups excluding carboxylic acids is 1. The summed E-state index contributed by atoms with van der Waals surface area (Å²) in [6, 6.07) is 8.75. The van der Waals surface area contributed by atoms with E-state index >= 15 is 0 Å². The quantitative estimate of drug-likeness (QED) is 0.458. The zero-order chi connectivity index (χ0) is 21.0. The zero-order valence-electron chi connectivity index (χ0n) is 15.9. The minimum absolute atomic E-state index is 0.0695. The molecule has 9 heteroatoms. The lowest BCUT2D eigenvalue weighted by atomic mass is 10.1. The number of unbranched alkanes of at least 4 members (excludes halogenated alkanes) is 1. The molecule has 0 spiro atoms. The number of amides is 1. The van der Waals surface area contributed by atoms with Crippen molar-refractivity contribution in [2.75, 3.05) is 6.54 Å². The van der Waals surface area contributed by atoms with Crippen LogP contribution in [0.1, 0.15) is 47.7 Å². The molecule has 0 aliphatic heterocycles. The minimum Gasteiger partial charge on any atom is -0.507 e. The molecule has 1 aliphatic carbocycles. The number of aromatic hydroxyl groups is 1. The Morgan fingerprint density at radius 2 is 1.90 bits per heavy atom. The number of sulfonamides is 1. The summed E-state index contributed by atoms with van der Waals surface area (Å²) in [6.07, 6.45) is 2.82. The highest BCUT2D eigenvalue weighted by molar-refractivity contribution is 7.89. The number of fused-ring (bicyclic) bond motifs is 1. The predicted molar refractivity (Wildman–Crippen MR) is 112 cm³/mol. The minimum atomic E-state index is -3.59. The van der Waals surface area contributed by atoms with Crippen LogP contribution in [0.25, 0.3) is 0 Å². The zero-order valence-corrected chi connectivity index (χ0v) is 17.5. The number of rotatable bonds is 7. The van der Waals surface area contributed by atoms with E-state index in [-0.39, 0.29) is 16.2 Å². The molecule has 3 N–H and O–H groups in total. The molecular formula is C20H22ClN3O4S. The third kappa shape index (κ3) is 4.77. The first-order chi connectivity index (χ1) is 13.8. The second-order valence-corrected chi connectivity index (χ2v) is 8.87. The summed E-state index contributed by atoms with van der Waals surface area (Å²) in [7, 11) is -3.59. The van der Waals surface area contributed by atoms with E-state index in [2.05, 4.69) is 15.2 Å². The molecule has 3 rings (SSSR count). The summed E-state index contributed by atoms with van der Waals surface area (Å²) in [4.78, 5) is 12.5. The van der Waals surface area contributed by atoms with E-state index in [1.54, 1.807) is 6.07 Å². The molecule has 154 valence electrons. The number of halogens is 1. The number of nitrogens with zero attached hydrogens (tertiary/aromatic N) is 1. The molecule has 2 aromatic rings. The Labute approximate surface area is 174 Å². The highest BCUT2D eigenvalue weighted by atomic mass is 35.5. The van der Waals surface area contributed by atoms with Crippen LogP contribution in [0.2, 0.25) is 5.02 Å². The number of phenolic OH excluding ortho intramolecular Hbond substituents is 1. The van der Waals surface area contributed by atoms with Crippen LogP contribution in [0.5, 0.6) is 5.75 Å². The molecule has 0 unspecified atom stereocenters. The van der Waals surface area contributed by atoms with Crippen LogP contribution in [-0.2, 0) is 16.4 Å². The van der Waals surface area contributed by atoms with Gasteiger partial charge < -0.3 is 5.11 Å². The monoisotopic (exact) mass is 435 g/mol. The molecule has 29 heavy (non-hydrogen) atoms. The van der Waals surface area contributed by atoms with Gasteiger partial charge in [0.2, 0.25) is 10.0 Å². The van der Waals surface area contributed by atoms with Gasteiger partial charge >= 0.3 is 0 Å². The number of hydrazone groups is 1. The number of benzene rings is 2. The van der Waals surface area contributed by atoms with Crippen molar-refractivity contribution in [3.63, 3.8) is 0 Å². The molecule has 1 amide bonds. The second kappa shape index (κ2) is 8.94. The van der Waals surface area contributed by atoms with Gasteiger partial charge in [-0.3, -0.25) is 4.79 Å². The van der Waals surface area contributed by atoms with Crippen molar-refractivity contribution < 1.29 is 18.3 Å². The third-order valence-corrected chi connectivity index (χ3v) is 6.51. The van der Waals surface area contributed by atoms with Gasteiger partial charge in [0.05, 0.1) is 10.6 Å². The number of nitrogens with one attached hydrogen (secondary N) is 2. The first kappa shape index (κ1) is 21.3. The highest BCUT2D eigenvalue weighted by Gasteiger charge is 2.24. The Hall–Kier alpha value is -2.42. The fourth-order valence-electron chi connectivity index (χ4n) is 3.09. The smallest absolute Gasteiger partial charge is 0.271 e. The van der Waals surface area contributed by atoms with Crippen LogP contribution >= 0.6 is 11.6 Å². The van der Waals surface area contributed by atoms with Crippen LogP contribution in [0, 0.1) is 0 Å². The standard InChI is InChI=1S/C20H22ClN3O4S/c1-2-3-12-22-29(27,28)14-6-4-13(5-7-14)20(26)24-23-17-10-8-15-16(21)9-11-18(25)19(15)17/h4-7,9,11,22,25H,2-3,8,10,12H2,1H3,(H,24,26)/b23-17+. The predicted octanol–water partition coefficient (Wildman–Crippen LogP) is 3.20. The maximum Gasteiger partial charge on any atom is 0.271 e.